The van der Waals surface area contributed by atoms with Crippen molar-refractivity contribution in [2.75, 3.05) is 13.1 Å². The topological polar surface area (TPSA) is 52.0 Å². The van der Waals surface area contributed by atoms with E-state index in [1.165, 1.54) is 25.1 Å². The van der Waals surface area contributed by atoms with E-state index in [-0.39, 0.29) is 0 Å². The summed E-state index contributed by atoms with van der Waals surface area (Å²) < 4.78 is 11.1. The number of nitrogens with zero attached hydrogens (tertiary/aromatic N) is 5. The Bertz CT molecular complexity index is 962. The Labute approximate surface area is 163 Å². The second-order valence-electron chi connectivity index (χ2n) is 7.71. The molecule has 4 heterocycles. The predicted molar refractivity (Wildman–Crippen MR) is 106 cm³/mol. The molecule has 2 aliphatic rings. The second kappa shape index (κ2) is 7.20. The van der Waals surface area contributed by atoms with Crippen molar-refractivity contribution < 1.29 is 4.42 Å². The molecule has 2 aromatic heterocycles. The minimum atomic E-state index is 0.403. The van der Waals surface area contributed by atoms with Gasteiger partial charge in [-0.25, -0.2) is 9.67 Å². The van der Waals surface area contributed by atoms with E-state index in [1.54, 1.807) is 0 Å². The summed E-state index contributed by atoms with van der Waals surface area (Å²) >= 11 is 5.69. The molecule has 142 valence electrons. The van der Waals surface area contributed by atoms with Gasteiger partial charge in [0.05, 0.1) is 6.67 Å². The first-order chi connectivity index (χ1) is 13.3. The van der Waals surface area contributed by atoms with Crippen LogP contribution in [0.5, 0.6) is 0 Å². The summed E-state index contributed by atoms with van der Waals surface area (Å²) in [7, 11) is 0. The first kappa shape index (κ1) is 17.1. The number of para-hydroxylation sites is 2. The van der Waals surface area contributed by atoms with Gasteiger partial charge in [0.2, 0.25) is 0 Å². The van der Waals surface area contributed by atoms with E-state index in [9.17, 15) is 0 Å². The van der Waals surface area contributed by atoms with E-state index in [0.717, 1.165) is 67.3 Å². The number of benzene rings is 1. The number of fused-ring (bicyclic) bond motifs is 2. The van der Waals surface area contributed by atoms with Gasteiger partial charge in [0, 0.05) is 32.0 Å². The second-order valence-corrected chi connectivity index (χ2v) is 8.08. The first-order valence-corrected chi connectivity index (χ1v) is 10.4. The molecule has 1 saturated heterocycles. The number of hydrogen-bond donors (Lipinski definition) is 0. The van der Waals surface area contributed by atoms with Crippen molar-refractivity contribution in [2.45, 2.75) is 57.7 Å². The van der Waals surface area contributed by atoms with Crippen LogP contribution in [0.3, 0.4) is 0 Å². The molecule has 3 aromatic rings. The minimum absolute atomic E-state index is 0.403. The zero-order valence-electron chi connectivity index (χ0n) is 15.5. The predicted octanol–water partition coefficient (Wildman–Crippen LogP) is 4.12. The summed E-state index contributed by atoms with van der Waals surface area (Å²) in [4.78, 5) is 7.14. The summed E-state index contributed by atoms with van der Waals surface area (Å²) in [6.07, 6.45) is 6.89. The molecule has 0 bridgehead atoms. The zero-order chi connectivity index (χ0) is 18.2. The van der Waals surface area contributed by atoms with Gasteiger partial charge in [0.25, 0.3) is 0 Å². The van der Waals surface area contributed by atoms with Gasteiger partial charge in [-0.3, -0.25) is 4.90 Å². The summed E-state index contributed by atoms with van der Waals surface area (Å²) in [6, 6.07) is 8.01. The van der Waals surface area contributed by atoms with E-state index in [4.69, 9.17) is 21.7 Å². The molecule has 2 aliphatic heterocycles. The van der Waals surface area contributed by atoms with Gasteiger partial charge in [-0.05, 0) is 50.0 Å². The lowest BCUT2D eigenvalue weighted by Crippen LogP contribution is -2.35. The normalized spacial score (nSPS) is 19.3. The summed E-state index contributed by atoms with van der Waals surface area (Å²) in [5.41, 5.74) is 1.85. The van der Waals surface area contributed by atoms with Gasteiger partial charge in [-0.2, -0.15) is 5.10 Å². The lowest BCUT2D eigenvalue weighted by molar-refractivity contribution is 0.153. The molecule has 6 nitrogen and oxygen atoms in total. The van der Waals surface area contributed by atoms with Gasteiger partial charge in [-0.1, -0.05) is 18.6 Å². The van der Waals surface area contributed by atoms with Crippen molar-refractivity contribution in [2.24, 2.45) is 0 Å². The average Bonchev–Trinajstić information content (AvgIpc) is 3.15. The Morgan fingerprint density at radius 3 is 2.78 bits per heavy atom. The van der Waals surface area contributed by atoms with Crippen molar-refractivity contribution in [1.29, 1.82) is 0 Å². The number of aryl methyl sites for hydroxylation is 1. The summed E-state index contributed by atoms with van der Waals surface area (Å²) in [5, 5.41) is 4.81. The Balaban J connectivity index is 1.25. The molecule has 0 saturated carbocycles. The SMILES string of the molecule is S=c1n(CN2CCC(c3nc4ccccc4o3)CC2)nc2n1CCCCC2. The number of likely N-dealkylation sites (tertiary alicyclic amines) is 1. The average molecular weight is 384 g/mol. The third kappa shape index (κ3) is 3.34. The van der Waals surface area contributed by atoms with Crippen molar-refractivity contribution >= 4 is 23.3 Å². The lowest BCUT2D eigenvalue weighted by Gasteiger charge is -2.30. The molecule has 7 heteroatoms. The molecule has 5 rings (SSSR count). The van der Waals surface area contributed by atoms with Crippen LogP contribution >= 0.6 is 12.2 Å². The maximum absolute atomic E-state index is 5.98. The minimum Gasteiger partial charge on any atom is -0.440 e. The smallest absolute Gasteiger partial charge is 0.199 e. The van der Waals surface area contributed by atoms with Crippen molar-refractivity contribution in [3.05, 3.63) is 40.8 Å². The van der Waals surface area contributed by atoms with Crippen molar-refractivity contribution in [3.8, 4) is 0 Å². The third-order valence-corrected chi connectivity index (χ3v) is 6.29. The van der Waals surface area contributed by atoms with Crippen molar-refractivity contribution in [3.63, 3.8) is 0 Å². The van der Waals surface area contributed by atoms with E-state index in [1.807, 2.05) is 28.9 Å². The van der Waals surface area contributed by atoms with Crippen LogP contribution in [0.1, 0.15) is 49.7 Å². The largest absolute Gasteiger partial charge is 0.440 e. The Kier molecular flexibility index (Phi) is 4.57. The molecule has 0 atom stereocenters. The fourth-order valence-corrected chi connectivity index (χ4v) is 4.59. The summed E-state index contributed by atoms with van der Waals surface area (Å²) in [5.74, 6) is 2.46. The Morgan fingerprint density at radius 1 is 1.07 bits per heavy atom. The van der Waals surface area contributed by atoms with Gasteiger partial charge in [0.1, 0.15) is 11.3 Å². The molecule has 0 N–H and O–H groups in total. The van der Waals surface area contributed by atoms with Crippen LogP contribution < -0.4 is 0 Å². The molecule has 0 unspecified atom stereocenters. The summed E-state index contributed by atoms with van der Waals surface area (Å²) in [6.45, 7) is 3.85. The molecule has 0 spiro atoms. The highest BCUT2D eigenvalue weighted by atomic mass is 32.1. The number of piperidine rings is 1. The quantitative estimate of drug-likeness (QED) is 0.637. The lowest BCUT2D eigenvalue weighted by atomic mass is 9.97. The number of oxazole rings is 1. The number of aromatic nitrogens is 4. The molecule has 0 amide bonds. The highest BCUT2D eigenvalue weighted by Gasteiger charge is 2.25. The zero-order valence-corrected chi connectivity index (χ0v) is 16.3. The van der Waals surface area contributed by atoms with E-state index in [2.05, 4.69) is 14.5 Å². The van der Waals surface area contributed by atoms with E-state index < -0.39 is 0 Å². The molecular formula is C20H25N5OS. The van der Waals surface area contributed by atoms with E-state index >= 15 is 0 Å². The number of hydrogen-bond acceptors (Lipinski definition) is 5. The fourth-order valence-electron chi connectivity index (χ4n) is 4.29. The van der Waals surface area contributed by atoms with Crippen LogP contribution in [0, 0.1) is 4.77 Å². The molecule has 0 radical (unpaired) electrons. The van der Waals surface area contributed by atoms with Crippen molar-refractivity contribution in [1.82, 2.24) is 24.2 Å². The maximum atomic E-state index is 5.98. The fraction of sp³-hybridized carbons (Fsp3) is 0.550. The maximum Gasteiger partial charge on any atom is 0.199 e. The van der Waals surface area contributed by atoms with Crippen LogP contribution in [0.2, 0.25) is 0 Å². The van der Waals surface area contributed by atoms with Crippen LogP contribution in [0.4, 0.5) is 0 Å². The first-order valence-electron chi connectivity index (χ1n) is 10.0. The Hall–Kier alpha value is -1.99. The standard InChI is InChI=1S/C20H25N5OS/c27-20-24-11-5-1-2-8-18(24)22-25(20)14-23-12-9-15(10-13-23)19-21-16-6-3-4-7-17(16)26-19/h3-4,6-7,15H,1-2,5,8-14H2. The van der Waals surface area contributed by atoms with Crippen LogP contribution in [-0.4, -0.2) is 37.3 Å². The van der Waals surface area contributed by atoms with E-state index in [0.29, 0.717) is 5.92 Å². The van der Waals surface area contributed by atoms with Gasteiger partial charge in [-0.15, -0.1) is 0 Å². The monoisotopic (exact) mass is 383 g/mol. The van der Waals surface area contributed by atoms with Gasteiger partial charge in [0.15, 0.2) is 16.2 Å². The van der Waals surface area contributed by atoms with Crippen LogP contribution in [0.15, 0.2) is 28.7 Å². The molecule has 1 aromatic carbocycles. The number of rotatable bonds is 3. The highest BCUT2D eigenvalue weighted by Crippen LogP contribution is 2.30. The van der Waals surface area contributed by atoms with Crippen LogP contribution in [0.25, 0.3) is 11.1 Å². The molecule has 0 aliphatic carbocycles. The third-order valence-electron chi connectivity index (χ3n) is 5.86. The van der Waals surface area contributed by atoms with Gasteiger partial charge < -0.3 is 8.98 Å². The molecule has 1 fully saturated rings. The van der Waals surface area contributed by atoms with Crippen LogP contribution in [-0.2, 0) is 19.6 Å². The molecular weight excluding hydrogens is 358 g/mol. The van der Waals surface area contributed by atoms with Gasteiger partial charge >= 0.3 is 0 Å². The molecule has 27 heavy (non-hydrogen) atoms. The highest BCUT2D eigenvalue weighted by molar-refractivity contribution is 7.71. The Morgan fingerprint density at radius 2 is 1.93 bits per heavy atom.